The first kappa shape index (κ1) is 17.4. The van der Waals surface area contributed by atoms with Crippen LogP contribution in [0.1, 0.15) is 11.1 Å². The summed E-state index contributed by atoms with van der Waals surface area (Å²) >= 11 is 0. The van der Waals surface area contributed by atoms with Gasteiger partial charge in [-0.2, -0.15) is 0 Å². The smallest absolute Gasteiger partial charge is 0.161 e. The summed E-state index contributed by atoms with van der Waals surface area (Å²) in [6.07, 6.45) is 2.26. The van der Waals surface area contributed by atoms with E-state index in [-0.39, 0.29) is 0 Å². The Balaban J connectivity index is 2.55. The fourth-order valence-corrected chi connectivity index (χ4v) is 2.43. The minimum Gasteiger partial charge on any atom is -0.493 e. The van der Waals surface area contributed by atoms with Crippen molar-refractivity contribution in [2.24, 2.45) is 0 Å². The lowest BCUT2D eigenvalue weighted by atomic mass is 9.97. The third-order valence-corrected chi connectivity index (χ3v) is 3.62. The summed E-state index contributed by atoms with van der Waals surface area (Å²) in [5, 5.41) is 0. The Morgan fingerprint density at radius 3 is 1.46 bits per heavy atom. The topological polar surface area (TPSA) is 54.0 Å². The van der Waals surface area contributed by atoms with Crippen molar-refractivity contribution < 1.29 is 23.7 Å². The Morgan fingerprint density at radius 2 is 1.12 bits per heavy atom. The Labute approximate surface area is 141 Å². The maximum absolute atomic E-state index is 11.1. The van der Waals surface area contributed by atoms with E-state index in [0.717, 1.165) is 23.0 Å². The molecule has 0 aliphatic heterocycles. The monoisotopic (exact) mass is 328 g/mol. The molecule has 0 heterocycles. The van der Waals surface area contributed by atoms with Crippen molar-refractivity contribution in [3.8, 4) is 23.0 Å². The molecular formula is C19H20O5. The van der Waals surface area contributed by atoms with Crippen LogP contribution in [0.2, 0.25) is 0 Å². The van der Waals surface area contributed by atoms with Gasteiger partial charge in [0.25, 0.3) is 0 Å². The van der Waals surface area contributed by atoms with Gasteiger partial charge in [-0.3, -0.25) is 4.79 Å². The minimum absolute atomic E-state index is 0.590. The van der Waals surface area contributed by atoms with E-state index in [0.29, 0.717) is 23.0 Å². The van der Waals surface area contributed by atoms with Crippen LogP contribution in [0.4, 0.5) is 0 Å². The third kappa shape index (κ3) is 3.51. The van der Waals surface area contributed by atoms with Crippen LogP contribution in [0.3, 0.4) is 0 Å². The molecule has 5 nitrogen and oxygen atoms in total. The fraction of sp³-hybridized carbons (Fsp3) is 0.211. The quantitative estimate of drug-likeness (QED) is 0.576. The average molecular weight is 328 g/mol. The highest BCUT2D eigenvalue weighted by molar-refractivity contribution is 5.90. The molecule has 0 saturated carbocycles. The molecule has 0 aliphatic carbocycles. The number of allylic oxidation sites excluding steroid dienone is 1. The molecule has 0 saturated heterocycles. The number of hydrogen-bond acceptors (Lipinski definition) is 5. The summed E-state index contributed by atoms with van der Waals surface area (Å²) in [5.74, 6) is 2.43. The van der Waals surface area contributed by atoms with Gasteiger partial charge in [0.2, 0.25) is 0 Å². The van der Waals surface area contributed by atoms with E-state index in [4.69, 9.17) is 18.9 Å². The normalized spacial score (nSPS) is 9.83. The lowest BCUT2D eigenvalue weighted by molar-refractivity contribution is -0.104. The Morgan fingerprint density at radius 1 is 0.708 bits per heavy atom. The first-order chi connectivity index (χ1) is 11.7. The summed E-state index contributed by atoms with van der Waals surface area (Å²) in [6.45, 7) is 0. The van der Waals surface area contributed by atoms with Crippen LogP contribution >= 0.6 is 0 Å². The van der Waals surface area contributed by atoms with E-state index >= 15 is 0 Å². The number of carbonyl (C=O) groups excluding carboxylic acids is 1. The number of ether oxygens (including phenoxy) is 4. The summed E-state index contributed by atoms with van der Waals surface area (Å²) < 4.78 is 21.2. The number of benzene rings is 2. The fourth-order valence-electron chi connectivity index (χ4n) is 2.43. The molecule has 0 atom stereocenters. The molecule has 0 unspecified atom stereocenters. The zero-order valence-electron chi connectivity index (χ0n) is 14.2. The van der Waals surface area contributed by atoms with Crippen LogP contribution in [0, 0.1) is 0 Å². The van der Waals surface area contributed by atoms with Gasteiger partial charge in [-0.1, -0.05) is 12.1 Å². The first-order valence-electron chi connectivity index (χ1n) is 7.28. The lowest BCUT2D eigenvalue weighted by Crippen LogP contribution is -1.96. The van der Waals surface area contributed by atoms with Gasteiger partial charge in [-0.15, -0.1) is 0 Å². The molecule has 0 bridgehead atoms. The number of hydrogen-bond donors (Lipinski definition) is 0. The summed E-state index contributed by atoms with van der Waals surface area (Å²) in [7, 11) is 6.30. The summed E-state index contributed by atoms with van der Waals surface area (Å²) in [6, 6.07) is 11.0. The number of rotatable bonds is 7. The van der Waals surface area contributed by atoms with Gasteiger partial charge in [0, 0.05) is 0 Å². The molecule has 2 aromatic rings. The van der Waals surface area contributed by atoms with Crippen molar-refractivity contribution in [2.75, 3.05) is 28.4 Å². The SMILES string of the molecule is COc1ccc(C(=CC=O)c2ccc(OC)c(OC)c2)cc1OC. The summed E-state index contributed by atoms with van der Waals surface area (Å²) in [5.41, 5.74) is 2.39. The van der Waals surface area contributed by atoms with Crippen molar-refractivity contribution >= 4 is 11.9 Å². The van der Waals surface area contributed by atoms with E-state index in [1.165, 1.54) is 6.08 Å². The number of aldehydes is 1. The predicted octanol–water partition coefficient (Wildman–Crippen LogP) is 3.35. The van der Waals surface area contributed by atoms with E-state index in [2.05, 4.69) is 0 Å². The predicted molar refractivity (Wildman–Crippen MR) is 92.2 cm³/mol. The lowest BCUT2D eigenvalue weighted by Gasteiger charge is -2.14. The standard InChI is InChI=1S/C19H20O5/c1-21-16-7-5-13(11-18(16)23-3)15(9-10-20)14-6-8-17(22-2)19(12-14)24-4/h5-12H,1-4H3. The van der Waals surface area contributed by atoms with Gasteiger partial charge in [-0.25, -0.2) is 0 Å². The molecule has 5 heteroatoms. The zero-order valence-corrected chi connectivity index (χ0v) is 14.2. The zero-order chi connectivity index (χ0) is 17.5. The molecule has 2 rings (SSSR count). The molecule has 0 amide bonds. The van der Waals surface area contributed by atoms with Crippen molar-refractivity contribution in [3.63, 3.8) is 0 Å². The Kier molecular flexibility index (Phi) is 5.84. The highest BCUT2D eigenvalue weighted by Gasteiger charge is 2.12. The maximum Gasteiger partial charge on any atom is 0.161 e. The van der Waals surface area contributed by atoms with E-state index in [1.807, 2.05) is 24.3 Å². The summed E-state index contributed by atoms with van der Waals surface area (Å²) in [4.78, 5) is 11.1. The second-order valence-electron chi connectivity index (χ2n) is 4.86. The van der Waals surface area contributed by atoms with Gasteiger partial charge >= 0.3 is 0 Å². The molecule has 0 aliphatic rings. The molecular weight excluding hydrogens is 308 g/mol. The van der Waals surface area contributed by atoms with Crippen LogP contribution in [0.5, 0.6) is 23.0 Å². The van der Waals surface area contributed by atoms with E-state index in [9.17, 15) is 4.79 Å². The van der Waals surface area contributed by atoms with Gasteiger partial charge in [0.05, 0.1) is 28.4 Å². The molecule has 2 aromatic carbocycles. The highest BCUT2D eigenvalue weighted by Crippen LogP contribution is 2.35. The first-order valence-corrected chi connectivity index (χ1v) is 7.28. The molecule has 0 N–H and O–H groups in total. The maximum atomic E-state index is 11.1. The largest absolute Gasteiger partial charge is 0.493 e. The van der Waals surface area contributed by atoms with Crippen molar-refractivity contribution in [1.29, 1.82) is 0 Å². The van der Waals surface area contributed by atoms with Crippen LogP contribution in [-0.2, 0) is 4.79 Å². The van der Waals surface area contributed by atoms with Gasteiger partial charge in [0.15, 0.2) is 23.0 Å². The number of carbonyl (C=O) groups is 1. The van der Waals surface area contributed by atoms with Crippen LogP contribution in [0.15, 0.2) is 42.5 Å². The Bertz CT molecular complexity index is 692. The minimum atomic E-state index is 0.590. The van der Waals surface area contributed by atoms with Crippen LogP contribution in [0.25, 0.3) is 5.57 Å². The molecule has 24 heavy (non-hydrogen) atoms. The second-order valence-corrected chi connectivity index (χ2v) is 4.86. The molecule has 0 spiro atoms. The van der Waals surface area contributed by atoms with E-state index in [1.54, 1.807) is 40.6 Å². The second kappa shape index (κ2) is 8.06. The molecule has 126 valence electrons. The van der Waals surface area contributed by atoms with Crippen molar-refractivity contribution in [2.45, 2.75) is 0 Å². The van der Waals surface area contributed by atoms with Gasteiger partial charge in [0.1, 0.15) is 6.29 Å². The highest BCUT2D eigenvalue weighted by atomic mass is 16.5. The number of methoxy groups -OCH3 is 4. The van der Waals surface area contributed by atoms with Gasteiger partial charge in [-0.05, 0) is 47.0 Å². The molecule has 0 fully saturated rings. The Hall–Kier alpha value is -2.95. The van der Waals surface area contributed by atoms with Gasteiger partial charge < -0.3 is 18.9 Å². The van der Waals surface area contributed by atoms with Crippen molar-refractivity contribution in [3.05, 3.63) is 53.6 Å². The average Bonchev–Trinajstić information content (AvgIpc) is 2.64. The molecule has 0 aromatic heterocycles. The van der Waals surface area contributed by atoms with Crippen LogP contribution < -0.4 is 18.9 Å². The van der Waals surface area contributed by atoms with Crippen LogP contribution in [-0.4, -0.2) is 34.7 Å². The molecule has 0 radical (unpaired) electrons. The third-order valence-electron chi connectivity index (χ3n) is 3.62. The van der Waals surface area contributed by atoms with Crippen molar-refractivity contribution in [1.82, 2.24) is 0 Å². The van der Waals surface area contributed by atoms with E-state index < -0.39 is 0 Å².